The molecule has 0 spiro atoms. The van der Waals surface area contributed by atoms with Gasteiger partial charge in [-0.1, -0.05) is 30.3 Å². The van der Waals surface area contributed by atoms with E-state index in [0.29, 0.717) is 5.69 Å². The molecule has 1 heterocycles. The third-order valence-electron chi connectivity index (χ3n) is 1.84. The predicted octanol–water partition coefficient (Wildman–Crippen LogP) is 1.43. The van der Waals surface area contributed by atoms with E-state index in [1.165, 1.54) is 6.20 Å². The molecule has 2 rings (SSSR count). The van der Waals surface area contributed by atoms with Gasteiger partial charge < -0.3 is 10.8 Å². The Balaban J connectivity index is 2.57. The van der Waals surface area contributed by atoms with Gasteiger partial charge in [0.15, 0.2) is 5.75 Å². The lowest BCUT2D eigenvalue weighted by Crippen LogP contribution is -1.95. The molecule has 0 saturated heterocycles. The van der Waals surface area contributed by atoms with E-state index in [4.69, 9.17) is 5.73 Å². The van der Waals surface area contributed by atoms with Crippen molar-refractivity contribution in [2.75, 3.05) is 5.73 Å². The zero-order valence-corrected chi connectivity index (χ0v) is 7.38. The van der Waals surface area contributed by atoms with Gasteiger partial charge in [0.1, 0.15) is 5.69 Å². The Kier molecular flexibility index (Phi) is 2.02. The van der Waals surface area contributed by atoms with Crippen molar-refractivity contribution >= 4 is 5.95 Å². The second-order valence-corrected chi connectivity index (χ2v) is 2.83. The minimum atomic E-state index is 0.0328. The Labute approximate surface area is 81.1 Å². The van der Waals surface area contributed by atoms with Crippen LogP contribution in [0.1, 0.15) is 0 Å². The van der Waals surface area contributed by atoms with Gasteiger partial charge in [-0.3, -0.25) is 0 Å². The monoisotopic (exact) mass is 187 g/mol. The molecule has 0 amide bonds. The fourth-order valence-corrected chi connectivity index (χ4v) is 1.20. The summed E-state index contributed by atoms with van der Waals surface area (Å²) < 4.78 is 0. The molecule has 0 saturated carbocycles. The van der Waals surface area contributed by atoms with Crippen LogP contribution in [0.4, 0.5) is 5.95 Å². The first-order valence-electron chi connectivity index (χ1n) is 4.14. The summed E-state index contributed by atoms with van der Waals surface area (Å²) in [5, 5.41) is 9.51. The Bertz CT molecular complexity index is 442. The summed E-state index contributed by atoms with van der Waals surface area (Å²) in [6.45, 7) is 0. The van der Waals surface area contributed by atoms with Gasteiger partial charge in [-0.25, -0.2) is 9.97 Å². The highest BCUT2D eigenvalue weighted by atomic mass is 16.3. The van der Waals surface area contributed by atoms with E-state index in [2.05, 4.69) is 9.97 Å². The van der Waals surface area contributed by atoms with Gasteiger partial charge >= 0.3 is 0 Å². The summed E-state index contributed by atoms with van der Waals surface area (Å²) in [7, 11) is 0. The van der Waals surface area contributed by atoms with Crippen molar-refractivity contribution in [3.63, 3.8) is 0 Å². The second-order valence-electron chi connectivity index (χ2n) is 2.83. The topological polar surface area (TPSA) is 72.0 Å². The normalized spacial score (nSPS) is 10.0. The molecule has 3 N–H and O–H groups in total. The van der Waals surface area contributed by atoms with Gasteiger partial charge in [0, 0.05) is 5.56 Å². The number of rotatable bonds is 1. The van der Waals surface area contributed by atoms with E-state index < -0.39 is 0 Å². The minimum Gasteiger partial charge on any atom is -0.504 e. The van der Waals surface area contributed by atoms with Gasteiger partial charge in [-0.05, 0) is 0 Å². The standard InChI is InChI=1S/C10H9N3O/c11-10-12-6-8(14)9(13-10)7-4-2-1-3-5-7/h1-6,14H,(H2,11,12,13). The molecule has 2 aromatic rings. The van der Waals surface area contributed by atoms with Crippen molar-refractivity contribution in [2.45, 2.75) is 0 Å². The number of aromatic nitrogens is 2. The molecule has 0 aliphatic carbocycles. The maximum absolute atomic E-state index is 9.51. The maximum atomic E-state index is 9.51. The molecular weight excluding hydrogens is 178 g/mol. The lowest BCUT2D eigenvalue weighted by Gasteiger charge is -2.03. The number of nitrogens with two attached hydrogens (primary N) is 1. The molecule has 0 aliphatic rings. The van der Waals surface area contributed by atoms with Crippen LogP contribution in [-0.2, 0) is 0 Å². The van der Waals surface area contributed by atoms with Crippen molar-refractivity contribution < 1.29 is 5.11 Å². The van der Waals surface area contributed by atoms with Crippen LogP contribution in [0.2, 0.25) is 0 Å². The zero-order chi connectivity index (χ0) is 9.97. The van der Waals surface area contributed by atoms with E-state index in [0.717, 1.165) is 5.56 Å². The summed E-state index contributed by atoms with van der Waals surface area (Å²) in [5.74, 6) is 0.187. The number of aromatic hydroxyl groups is 1. The molecular formula is C10H9N3O. The van der Waals surface area contributed by atoms with Crippen molar-refractivity contribution in [3.05, 3.63) is 36.5 Å². The maximum Gasteiger partial charge on any atom is 0.220 e. The first kappa shape index (κ1) is 8.50. The van der Waals surface area contributed by atoms with E-state index in [1.807, 2.05) is 30.3 Å². The number of hydrogen-bond donors (Lipinski definition) is 2. The fraction of sp³-hybridized carbons (Fsp3) is 0. The molecule has 4 heteroatoms. The minimum absolute atomic E-state index is 0.0328. The van der Waals surface area contributed by atoms with Crippen LogP contribution in [0, 0.1) is 0 Å². The van der Waals surface area contributed by atoms with Crippen molar-refractivity contribution in [1.82, 2.24) is 9.97 Å². The second kappa shape index (κ2) is 3.33. The Morgan fingerprint density at radius 3 is 2.57 bits per heavy atom. The van der Waals surface area contributed by atoms with Crippen molar-refractivity contribution in [3.8, 4) is 17.0 Å². The smallest absolute Gasteiger partial charge is 0.220 e. The molecule has 1 aromatic carbocycles. The Morgan fingerprint density at radius 2 is 1.86 bits per heavy atom. The summed E-state index contributed by atoms with van der Waals surface area (Å²) in [5.41, 5.74) is 6.71. The molecule has 4 nitrogen and oxygen atoms in total. The number of nitrogens with zero attached hydrogens (tertiary/aromatic N) is 2. The molecule has 14 heavy (non-hydrogen) atoms. The first-order chi connectivity index (χ1) is 6.77. The molecule has 0 aliphatic heterocycles. The molecule has 0 radical (unpaired) electrons. The third kappa shape index (κ3) is 1.50. The lowest BCUT2D eigenvalue weighted by molar-refractivity contribution is 0.472. The van der Waals surface area contributed by atoms with Crippen LogP contribution < -0.4 is 5.73 Å². The molecule has 0 bridgehead atoms. The van der Waals surface area contributed by atoms with Crippen LogP contribution in [-0.4, -0.2) is 15.1 Å². The number of nitrogen functional groups attached to an aromatic ring is 1. The van der Waals surface area contributed by atoms with Crippen LogP contribution in [0.3, 0.4) is 0 Å². The summed E-state index contributed by atoms with van der Waals surface area (Å²) in [6.07, 6.45) is 1.30. The number of hydrogen-bond acceptors (Lipinski definition) is 4. The Hall–Kier alpha value is -2.10. The highest BCUT2D eigenvalue weighted by Gasteiger charge is 2.05. The fourth-order valence-electron chi connectivity index (χ4n) is 1.20. The third-order valence-corrected chi connectivity index (χ3v) is 1.84. The lowest BCUT2D eigenvalue weighted by atomic mass is 10.1. The van der Waals surface area contributed by atoms with Gasteiger partial charge in [0.05, 0.1) is 6.20 Å². The van der Waals surface area contributed by atoms with Crippen LogP contribution in [0.15, 0.2) is 36.5 Å². The van der Waals surface area contributed by atoms with Crippen molar-refractivity contribution in [1.29, 1.82) is 0 Å². The largest absolute Gasteiger partial charge is 0.504 e. The van der Waals surface area contributed by atoms with Gasteiger partial charge in [-0.2, -0.15) is 0 Å². The zero-order valence-electron chi connectivity index (χ0n) is 7.38. The van der Waals surface area contributed by atoms with Gasteiger partial charge in [-0.15, -0.1) is 0 Å². The number of anilines is 1. The average molecular weight is 187 g/mol. The average Bonchev–Trinajstić information content (AvgIpc) is 2.23. The summed E-state index contributed by atoms with van der Waals surface area (Å²) in [6, 6.07) is 9.33. The number of benzene rings is 1. The molecule has 0 atom stereocenters. The quantitative estimate of drug-likeness (QED) is 0.708. The van der Waals surface area contributed by atoms with Crippen LogP contribution >= 0.6 is 0 Å². The SMILES string of the molecule is Nc1ncc(O)c(-c2ccccc2)n1. The summed E-state index contributed by atoms with van der Waals surface area (Å²) in [4.78, 5) is 7.64. The summed E-state index contributed by atoms with van der Waals surface area (Å²) >= 11 is 0. The molecule has 1 aromatic heterocycles. The molecule has 0 fully saturated rings. The Morgan fingerprint density at radius 1 is 1.14 bits per heavy atom. The predicted molar refractivity (Wildman–Crippen MR) is 53.5 cm³/mol. The van der Waals surface area contributed by atoms with Crippen LogP contribution in [0.5, 0.6) is 5.75 Å². The van der Waals surface area contributed by atoms with E-state index >= 15 is 0 Å². The van der Waals surface area contributed by atoms with E-state index in [1.54, 1.807) is 0 Å². The highest BCUT2D eigenvalue weighted by Crippen LogP contribution is 2.25. The van der Waals surface area contributed by atoms with Gasteiger partial charge in [0.25, 0.3) is 0 Å². The highest BCUT2D eigenvalue weighted by molar-refractivity contribution is 5.65. The molecule has 70 valence electrons. The van der Waals surface area contributed by atoms with E-state index in [-0.39, 0.29) is 11.7 Å². The molecule has 0 unspecified atom stereocenters. The van der Waals surface area contributed by atoms with Crippen LogP contribution in [0.25, 0.3) is 11.3 Å². The van der Waals surface area contributed by atoms with Crippen molar-refractivity contribution in [2.24, 2.45) is 0 Å². The van der Waals surface area contributed by atoms with Gasteiger partial charge in [0.2, 0.25) is 5.95 Å². The first-order valence-corrected chi connectivity index (χ1v) is 4.14. The van der Waals surface area contributed by atoms with E-state index in [9.17, 15) is 5.11 Å².